The lowest BCUT2D eigenvalue weighted by Crippen LogP contribution is -2.45. The number of aliphatic hydroxyl groups is 2. The zero-order chi connectivity index (χ0) is 55.7. The molecular formula is C71H133NO5. The van der Waals surface area contributed by atoms with Gasteiger partial charge in [0.2, 0.25) is 5.91 Å². The van der Waals surface area contributed by atoms with E-state index in [1.54, 1.807) is 6.08 Å². The van der Waals surface area contributed by atoms with Crippen LogP contribution in [0.4, 0.5) is 0 Å². The molecule has 0 aliphatic rings. The Morgan fingerprint density at radius 1 is 0.364 bits per heavy atom. The molecule has 1 amide bonds. The summed E-state index contributed by atoms with van der Waals surface area (Å²) >= 11 is 0. The molecule has 0 rings (SSSR count). The second-order valence-corrected chi connectivity index (χ2v) is 23.5. The number of allylic oxidation sites excluding steroid dienone is 7. The Morgan fingerprint density at radius 3 is 1.01 bits per heavy atom. The molecule has 0 spiro atoms. The highest BCUT2D eigenvalue weighted by molar-refractivity contribution is 5.76. The Morgan fingerprint density at radius 2 is 0.649 bits per heavy atom. The highest BCUT2D eigenvalue weighted by atomic mass is 16.5. The number of amides is 1. The maximum atomic E-state index is 12.5. The minimum atomic E-state index is -0.846. The van der Waals surface area contributed by atoms with Crippen LogP contribution < -0.4 is 5.32 Å². The molecule has 0 aromatic heterocycles. The van der Waals surface area contributed by atoms with E-state index in [1.165, 1.54) is 289 Å². The van der Waals surface area contributed by atoms with E-state index in [-0.39, 0.29) is 18.5 Å². The van der Waals surface area contributed by atoms with Crippen LogP contribution in [-0.4, -0.2) is 47.4 Å². The third-order valence-electron chi connectivity index (χ3n) is 15.8. The first-order valence-electron chi connectivity index (χ1n) is 34.4. The van der Waals surface area contributed by atoms with Gasteiger partial charge >= 0.3 is 5.97 Å². The summed E-state index contributed by atoms with van der Waals surface area (Å²) in [6, 6.07) is -0.630. The lowest BCUT2D eigenvalue weighted by atomic mass is 10.0. The first-order chi connectivity index (χ1) is 38.0. The van der Waals surface area contributed by atoms with Crippen molar-refractivity contribution < 1.29 is 24.5 Å². The number of unbranched alkanes of at least 4 members (excludes halogenated alkanes) is 47. The Labute approximate surface area is 480 Å². The number of esters is 1. The van der Waals surface area contributed by atoms with E-state index in [9.17, 15) is 19.8 Å². The monoisotopic (exact) mass is 1080 g/mol. The van der Waals surface area contributed by atoms with Gasteiger partial charge in [-0.25, -0.2) is 0 Å². The molecule has 0 fully saturated rings. The Bertz CT molecular complexity index is 1290. The van der Waals surface area contributed by atoms with E-state index in [4.69, 9.17) is 4.74 Å². The molecule has 77 heavy (non-hydrogen) atoms. The first-order valence-corrected chi connectivity index (χ1v) is 34.4. The molecule has 0 aromatic rings. The van der Waals surface area contributed by atoms with Gasteiger partial charge in [0.25, 0.3) is 0 Å². The molecule has 0 aliphatic heterocycles. The van der Waals surface area contributed by atoms with Gasteiger partial charge in [-0.3, -0.25) is 9.59 Å². The minimum absolute atomic E-state index is 0.00663. The van der Waals surface area contributed by atoms with Gasteiger partial charge in [0.15, 0.2) is 0 Å². The van der Waals surface area contributed by atoms with E-state index < -0.39 is 12.1 Å². The average molecular weight is 1080 g/mol. The summed E-state index contributed by atoms with van der Waals surface area (Å²) in [7, 11) is 0. The number of hydrogen-bond donors (Lipinski definition) is 3. The van der Waals surface area contributed by atoms with Crippen molar-refractivity contribution in [3.8, 4) is 0 Å². The zero-order valence-corrected chi connectivity index (χ0v) is 51.7. The van der Waals surface area contributed by atoms with Crippen LogP contribution in [0.5, 0.6) is 0 Å². The van der Waals surface area contributed by atoms with Crippen LogP contribution in [0.25, 0.3) is 0 Å². The summed E-state index contributed by atoms with van der Waals surface area (Å²) in [5.41, 5.74) is 0. The zero-order valence-electron chi connectivity index (χ0n) is 51.7. The molecule has 0 saturated heterocycles. The van der Waals surface area contributed by atoms with Gasteiger partial charge in [0, 0.05) is 12.8 Å². The topological polar surface area (TPSA) is 95.9 Å². The number of ether oxygens (including phenoxy) is 1. The van der Waals surface area contributed by atoms with Crippen LogP contribution in [0.1, 0.15) is 367 Å². The summed E-state index contributed by atoms with van der Waals surface area (Å²) in [6.07, 6.45) is 86.0. The molecule has 2 atom stereocenters. The molecule has 3 N–H and O–H groups in total. The fourth-order valence-corrected chi connectivity index (χ4v) is 10.5. The molecule has 0 bridgehead atoms. The molecule has 0 saturated carbocycles. The second-order valence-electron chi connectivity index (χ2n) is 23.5. The summed E-state index contributed by atoms with van der Waals surface area (Å²) in [4.78, 5) is 24.6. The van der Waals surface area contributed by atoms with Crippen molar-refractivity contribution in [2.24, 2.45) is 0 Å². The quantitative estimate of drug-likeness (QED) is 0.0320. The minimum Gasteiger partial charge on any atom is -0.466 e. The van der Waals surface area contributed by atoms with Gasteiger partial charge in [-0.2, -0.15) is 0 Å². The molecule has 2 unspecified atom stereocenters. The molecule has 0 radical (unpaired) electrons. The van der Waals surface area contributed by atoms with E-state index in [0.29, 0.717) is 19.4 Å². The van der Waals surface area contributed by atoms with Gasteiger partial charge in [-0.1, -0.05) is 313 Å². The van der Waals surface area contributed by atoms with Crippen LogP contribution in [0.2, 0.25) is 0 Å². The van der Waals surface area contributed by atoms with E-state index in [1.807, 2.05) is 6.08 Å². The van der Waals surface area contributed by atoms with Gasteiger partial charge in [-0.05, 0) is 89.9 Å². The van der Waals surface area contributed by atoms with Crippen LogP contribution in [0, 0.1) is 0 Å². The molecule has 0 heterocycles. The van der Waals surface area contributed by atoms with Gasteiger partial charge in [0.05, 0.1) is 25.4 Å². The second kappa shape index (κ2) is 66.3. The lowest BCUT2D eigenvalue weighted by molar-refractivity contribution is -0.143. The SMILES string of the molecule is CCCCCC/C=C\C/C=C\CCCCCCCCCC(=O)OCCCCCCCCCCCCCC/C=C\CCCCCCCCCCCCC(=O)NC(CO)C(O)/C=C/CCCCCCCCCCCCCCCC. The normalized spacial score (nSPS) is 12.8. The van der Waals surface area contributed by atoms with Gasteiger partial charge in [0.1, 0.15) is 0 Å². The van der Waals surface area contributed by atoms with Crippen LogP contribution >= 0.6 is 0 Å². The smallest absolute Gasteiger partial charge is 0.305 e. The van der Waals surface area contributed by atoms with Gasteiger partial charge < -0.3 is 20.3 Å². The van der Waals surface area contributed by atoms with E-state index in [2.05, 4.69) is 55.6 Å². The Kier molecular flexibility index (Phi) is 64.5. The van der Waals surface area contributed by atoms with Crippen molar-refractivity contribution in [3.63, 3.8) is 0 Å². The van der Waals surface area contributed by atoms with Crippen molar-refractivity contribution >= 4 is 11.9 Å². The largest absolute Gasteiger partial charge is 0.466 e. The molecule has 0 aliphatic carbocycles. The predicted octanol–water partition coefficient (Wildman–Crippen LogP) is 22.1. The van der Waals surface area contributed by atoms with Gasteiger partial charge in [-0.15, -0.1) is 0 Å². The summed E-state index contributed by atoms with van der Waals surface area (Å²) < 4.78 is 5.50. The Hall–Kier alpha value is -2.18. The van der Waals surface area contributed by atoms with Crippen molar-refractivity contribution in [1.29, 1.82) is 0 Å². The summed E-state index contributed by atoms with van der Waals surface area (Å²) in [6.45, 7) is 4.90. The number of carbonyl (C=O) groups is 2. The van der Waals surface area contributed by atoms with E-state index >= 15 is 0 Å². The van der Waals surface area contributed by atoms with Crippen LogP contribution in [0.3, 0.4) is 0 Å². The number of nitrogens with one attached hydrogen (secondary N) is 1. The third kappa shape index (κ3) is 62.9. The third-order valence-corrected chi connectivity index (χ3v) is 15.8. The molecule has 452 valence electrons. The highest BCUT2D eigenvalue weighted by Gasteiger charge is 2.18. The van der Waals surface area contributed by atoms with Crippen molar-refractivity contribution in [1.82, 2.24) is 5.32 Å². The van der Waals surface area contributed by atoms with Crippen molar-refractivity contribution in [2.45, 2.75) is 379 Å². The maximum Gasteiger partial charge on any atom is 0.305 e. The Balaban J connectivity index is 3.41. The van der Waals surface area contributed by atoms with Crippen molar-refractivity contribution in [2.75, 3.05) is 13.2 Å². The number of hydrogen-bond acceptors (Lipinski definition) is 5. The van der Waals surface area contributed by atoms with E-state index in [0.717, 1.165) is 51.4 Å². The maximum absolute atomic E-state index is 12.5. The van der Waals surface area contributed by atoms with Crippen LogP contribution in [-0.2, 0) is 14.3 Å². The molecular weight excluding hydrogens is 947 g/mol. The first kappa shape index (κ1) is 74.8. The fourth-order valence-electron chi connectivity index (χ4n) is 10.5. The average Bonchev–Trinajstić information content (AvgIpc) is 3.43. The number of carbonyl (C=O) groups excluding carboxylic acids is 2. The fraction of sp³-hybridized carbons (Fsp3) is 0.859. The number of aliphatic hydroxyl groups excluding tert-OH is 2. The number of rotatable bonds is 64. The predicted molar refractivity (Wildman–Crippen MR) is 338 cm³/mol. The highest BCUT2D eigenvalue weighted by Crippen LogP contribution is 2.17. The standard InChI is InChI=1S/C71H133NO5/c1-3-5-7-9-11-13-15-17-19-21-33-37-41-45-49-53-57-61-65-71(76)77-66-62-58-54-50-46-42-38-34-31-29-27-25-23-22-24-26-28-30-32-36-40-44-48-52-56-60-64-70(75)72-68(67-73)69(74)63-59-55-51-47-43-39-35-20-18-16-14-12-10-8-6-4-2/h13,15,19,21-22,24,59,63,68-69,73-74H,3-12,14,16-18,20,23,25-58,60-62,64-67H2,1-2H3,(H,72,75)/b15-13-,21-19-,24-22-,63-59+. The summed E-state index contributed by atoms with van der Waals surface area (Å²) in [5, 5.41) is 23.2. The van der Waals surface area contributed by atoms with Crippen molar-refractivity contribution in [3.05, 3.63) is 48.6 Å². The van der Waals surface area contributed by atoms with Crippen LogP contribution in [0.15, 0.2) is 48.6 Å². The lowest BCUT2D eigenvalue weighted by Gasteiger charge is -2.20. The molecule has 0 aromatic carbocycles. The molecule has 6 heteroatoms. The molecule has 6 nitrogen and oxygen atoms in total. The summed E-state index contributed by atoms with van der Waals surface area (Å²) in [5.74, 6) is -0.0616.